The van der Waals surface area contributed by atoms with Crippen LogP contribution in [0.1, 0.15) is 25.3 Å². The molecule has 2 aromatic carbocycles. The zero-order valence-electron chi connectivity index (χ0n) is 16.3. The second-order valence-electron chi connectivity index (χ2n) is 6.83. The lowest BCUT2D eigenvalue weighted by Gasteiger charge is -2.28. The zero-order chi connectivity index (χ0) is 21.0. The number of benzene rings is 2. The van der Waals surface area contributed by atoms with Gasteiger partial charge in [0.15, 0.2) is 5.11 Å². The Kier molecular flexibility index (Phi) is 6.18. The van der Waals surface area contributed by atoms with Crippen LogP contribution in [0.25, 0.3) is 11.5 Å². The summed E-state index contributed by atoms with van der Waals surface area (Å²) in [4.78, 5) is 12.4. The zero-order valence-corrected chi connectivity index (χ0v) is 17.1. The highest BCUT2D eigenvalue weighted by atomic mass is 32.1. The maximum atomic E-state index is 11.0. The van der Waals surface area contributed by atoms with E-state index in [-0.39, 0.29) is 17.6 Å². The maximum absolute atomic E-state index is 11.0. The highest BCUT2D eigenvalue weighted by molar-refractivity contribution is 7.80. The summed E-state index contributed by atoms with van der Waals surface area (Å²) in [7, 11) is 0. The third-order valence-electron chi connectivity index (χ3n) is 4.26. The predicted molar refractivity (Wildman–Crippen MR) is 114 cm³/mol. The summed E-state index contributed by atoms with van der Waals surface area (Å²) in [6, 6.07) is 14.1. The van der Waals surface area contributed by atoms with Crippen molar-refractivity contribution in [2.24, 2.45) is 0 Å². The molecule has 3 rings (SSSR count). The van der Waals surface area contributed by atoms with Gasteiger partial charge in [0.05, 0.1) is 11.5 Å². The van der Waals surface area contributed by atoms with E-state index >= 15 is 0 Å². The van der Waals surface area contributed by atoms with Gasteiger partial charge >= 0.3 is 0 Å². The maximum Gasteiger partial charge on any atom is 0.270 e. The van der Waals surface area contributed by atoms with Gasteiger partial charge in [0.2, 0.25) is 11.8 Å². The first-order valence-electron chi connectivity index (χ1n) is 9.05. The Bertz CT molecular complexity index is 1020. The van der Waals surface area contributed by atoms with Crippen molar-refractivity contribution in [3.05, 3.63) is 70.1 Å². The Morgan fingerprint density at radius 1 is 1.24 bits per heavy atom. The summed E-state index contributed by atoms with van der Waals surface area (Å²) >= 11 is 5.56. The number of non-ortho nitro benzene ring substituents is 1. The van der Waals surface area contributed by atoms with Gasteiger partial charge in [-0.15, -0.1) is 10.2 Å². The Labute approximate surface area is 173 Å². The highest BCUT2D eigenvalue weighted by Crippen LogP contribution is 2.23. The van der Waals surface area contributed by atoms with E-state index < -0.39 is 4.92 Å². The molecule has 0 aliphatic carbocycles. The molecular formula is C20H21N5O3S. The lowest BCUT2D eigenvalue weighted by atomic mass is 10.2. The molecule has 0 spiro atoms. The number of thiocarbonyl (C=S) groups is 1. The molecule has 0 bridgehead atoms. The van der Waals surface area contributed by atoms with E-state index in [0.717, 1.165) is 5.69 Å². The highest BCUT2D eigenvalue weighted by Gasteiger charge is 2.19. The predicted octanol–water partition coefficient (Wildman–Crippen LogP) is 4.56. The van der Waals surface area contributed by atoms with Gasteiger partial charge in [-0.1, -0.05) is 23.8 Å². The fourth-order valence-electron chi connectivity index (χ4n) is 2.65. The number of anilines is 1. The van der Waals surface area contributed by atoms with Crippen LogP contribution in [0.5, 0.6) is 0 Å². The van der Waals surface area contributed by atoms with Crippen molar-refractivity contribution in [3.63, 3.8) is 0 Å². The minimum Gasteiger partial charge on any atom is -0.419 e. The molecule has 0 saturated heterocycles. The van der Waals surface area contributed by atoms with Crippen molar-refractivity contribution in [1.82, 2.24) is 15.1 Å². The van der Waals surface area contributed by atoms with Crippen LogP contribution in [-0.2, 0) is 6.54 Å². The first kappa shape index (κ1) is 20.4. The molecule has 1 aromatic heterocycles. The summed E-state index contributed by atoms with van der Waals surface area (Å²) in [6.45, 7) is 6.37. The molecule has 0 amide bonds. The van der Waals surface area contributed by atoms with Gasteiger partial charge in [0, 0.05) is 29.4 Å². The van der Waals surface area contributed by atoms with E-state index in [0.29, 0.717) is 23.1 Å². The number of aryl methyl sites for hydroxylation is 1. The van der Waals surface area contributed by atoms with E-state index in [1.54, 1.807) is 12.1 Å². The summed E-state index contributed by atoms with van der Waals surface area (Å²) < 4.78 is 5.73. The van der Waals surface area contributed by atoms with Crippen LogP contribution in [0.4, 0.5) is 11.4 Å². The minimum absolute atomic E-state index is 0.0328. The van der Waals surface area contributed by atoms with Crippen LogP contribution in [0, 0.1) is 17.0 Å². The molecule has 0 aliphatic rings. The lowest BCUT2D eigenvalue weighted by molar-refractivity contribution is -0.384. The lowest BCUT2D eigenvalue weighted by Crippen LogP contribution is -2.39. The average molecular weight is 411 g/mol. The first-order valence-corrected chi connectivity index (χ1v) is 9.46. The van der Waals surface area contributed by atoms with Crippen molar-refractivity contribution in [2.75, 3.05) is 5.32 Å². The Morgan fingerprint density at radius 2 is 1.97 bits per heavy atom. The van der Waals surface area contributed by atoms with Crippen LogP contribution in [0.3, 0.4) is 0 Å². The quantitative estimate of drug-likeness (QED) is 0.358. The molecule has 1 heterocycles. The summed E-state index contributed by atoms with van der Waals surface area (Å²) in [5.74, 6) is 0.595. The Morgan fingerprint density at radius 3 is 2.62 bits per heavy atom. The van der Waals surface area contributed by atoms with Gasteiger partial charge in [-0.05, 0) is 51.2 Å². The van der Waals surface area contributed by atoms with Crippen LogP contribution in [0.15, 0.2) is 52.9 Å². The van der Waals surface area contributed by atoms with Gasteiger partial charge < -0.3 is 14.6 Å². The molecule has 3 aromatic rings. The van der Waals surface area contributed by atoms with Crippen LogP contribution < -0.4 is 5.32 Å². The smallest absolute Gasteiger partial charge is 0.270 e. The molecular weight excluding hydrogens is 390 g/mol. The second kappa shape index (κ2) is 8.78. The molecule has 0 radical (unpaired) electrons. The molecule has 150 valence electrons. The molecule has 8 nitrogen and oxygen atoms in total. The van der Waals surface area contributed by atoms with E-state index in [1.165, 1.54) is 17.7 Å². The minimum atomic E-state index is -0.462. The van der Waals surface area contributed by atoms with E-state index in [2.05, 4.69) is 15.5 Å². The SMILES string of the molecule is Cc1ccc(NC(=S)N(Cc2nnc(-c3cccc([N+](=O)[O-])c3)o2)C(C)C)cc1. The van der Waals surface area contributed by atoms with E-state index in [9.17, 15) is 10.1 Å². The molecule has 0 aliphatic heterocycles. The number of nitrogens with one attached hydrogen (secondary N) is 1. The number of nitro benzene ring substituents is 1. The van der Waals surface area contributed by atoms with Crippen molar-refractivity contribution in [2.45, 2.75) is 33.4 Å². The van der Waals surface area contributed by atoms with Gasteiger partial charge in [0.25, 0.3) is 5.69 Å². The van der Waals surface area contributed by atoms with Gasteiger partial charge in [0.1, 0.15) is 0 Å². The topological polar surface area (TPSA) is 97.3 Å². The van der Waals surface area contributed by atoms with Crippen LogP contribution in [0.2, 0.25) is 0 Å². The number of hydrogen-bond donors (Lipinski definition) is 1. The number of nitrogens with zero attached hydrogens (tertiary/aromatic N) is 4. The fraction of sp³-hybridized carbons (Fsp3) is 0.250. The molecule has 0 unspecified atom stereocenters. The second-order valence-corrected chi connectivity index (χ2v) is 7.21. The van der Waals surface area contributed by atoms with Crippen molar-refractivity contribution in [3.8, 4) is 11.5 Å². The molecule has 0 fully saturated rings. The molecule has 1 N–H and O–H groups in total. The first-order chi connectivity index (χ1) is 13.8. The standard InChI is InChI=1S/C20H21N5O3S/c1-13(2)24(20(29)21-16-9-7-14(3)8-10-16)12-18-22-23-19(28-18)15-5-4-6-17(11-15)25(26)27/h4-11,13H,12H2,1-3H3,(H,21,29). The summed E-state index contributed by atoms with van der Waals surface area (Å²) in [5.41, 5.74) is 2.53. The van der Waals surface area contributed by atoms with Gasteiger partial charge in [-0.25, -0.2) is 0 Å². The van der Waals surface area contributed by atoms with Crippen LogP contribution >= 0.6 is 12.2 Å². The molecule has 0 atom stereocenters. The van der Waals surface area contributed by atoms with Crippen molar-refractivity contribution in [1.29, 1.82) is 0 Å². The fourth-order valence-corrected chi connectivity index (χ4v) is 3.05. The Hall–Kier alpha value is -3.33. The summed E-state index contributed by atoms with van der Waals surface area (Å²) in [6.07, 6.45) is 0. The van der Waals surface area contributed by atoms with Crippen molar-refractivity contribution < 1.29 is 9.34 Å². The van der Waals surface area contributed by atoms with Gasteiger partial charge in [-0.2, -0.15) is 0 Å². The van der Waals surface area contributed by atoms with Crippen LogP contribution in [-0.4, -0.2) is 31.2 Å². The third-order valence-corrected chi connectivity index (χ3v) is 4.60. The Balaban J connectivity index is 1.74. The van der Waals surface area contributed by atoms with Crippen molar-refractivity contribution >= 4 is 28.7 Å². The summed E-state index contributed by atoms with van der Waals surface area (Å²) in [5, 5.41) is 22.8. The average Bonchev–Trinajstić information content (AvgIpc) is 3.16. The number of nitro groups is 1. The third kappa shape index (κ3) is 5.14. The van der Waals surface area contributed by atoms with E-state index in [1.807, 2.05) is 49.9 Å². The van der Waals surface area contributed by atoms with Gasteiger partial charge in [-0.3, -0.25) is 10.1 Å². The molecule has 29 heavy (non-hydrogen) atoms. The number of hydrogen-bond acceptors (Lipinski definition) is 6. The van der Waals surface area contributed by atoms with E-state index in [4.69, 9.17) is 16.6 Å². The largest absolute Gasteiger partial charge is 0.419 e. The molecule has 0 saturated carbocycles. The monoisotopic (exact) mass is 411 g/mol. The normalized spacial score (nSPS) is 10.8. The number of rotatable bonds is 6. The number of aromatic nitrogens is 2. The molecule has 9 heteroatoms.